The number of sulfonamides is 1. The van der Waals surface area contributed by atoms with Gasteiger partial charge in [-0.1, -0.05) is 49.7 Å². The molecule has 0 aliphatic carbocycles. The molecule has 0 aliphatic heterocycles. The first kappa shape index (κ1) is 24.0. The summed E-state index contributed by atoms with van der Waals surface area (Å²) in [5.74, 6) is -2.66. The lowest BCUT2D eigenvalue weighted by Crippen LogP contribution is -2.47. The van der Waals surface area contributed by atoms with Crippen LogP contribution in [0.25, 0.3) is 0 Å². The largest absolute Gasteiger partial charge is 0.454 e. The van der Waals surface area contributed by atoms with Gasteiger partial charge in [-0.05, 0) is 37.1 Å². The molecule has 0 aliphatic rings. The quantitative estimate of drug-likeness (QED) is 0.413. The average molecular weight is 448 g/mol. The summed E-state index contributed by atoms with van der Waals surface area (Å²) in [4.78, 5) is 36.2. The van der Waals surface area contributed by atoms with Crippen LogP contribution in [0.3, 0.4) is 0 Å². The van der Waals surface area contributed by atoms with Crippen LogP contribution in [0.2, 0.25) is 0 Å². The molecule has 1 unspecified atom stereocenters. The van der Waals surface area contributed by atoms with Gasteiger partial charge >= 0.3 is 5.97 Å². The molecule has 0 bridgehead atoms. The minimum absolute atomic E-state index is 0.0120. The van der Waals surface area contributed by atoms with E-state index < -0.39 is 46.4 Å². The number of benzene rings is 2. The molecule has 2 aromatic rings. The Kier molecular flexibility index (Phi) is 8.29. The summed E-state index contributed by atoms with van der Waals surface area (Å²) in [5.41, 5.74) is 5.56. The Bertz CT molecular complexity index is 1020. The molecule has 0 heterocycles. The molecule has 3 N–H and O–H groups in total. The summed E-state index contributed by atoms with van der Waals surface area (Å²) in [6, 6.07) is 13.2. The number of hydrazine groups is 1. The third-order valence-corrected chi connectivity index (χ3v) is 5.69. The monoisotopic (exact) mass is 447 g/mol. The summed E-state index contributed by atoms with van der Waals surface area (Å²) < 4.78 is 32.4. The second kappa shape index (κ2) is 10.7. The van der Waals surface area contributed by atoms with Gasteiger partial charge < -0.3 is 4.74 Å². The van der Waals surface area contributed by atoms with Gasteiger partial charge in [-0.2, -0.15) is 4.72 Å². The van der Waals surface area contributed by atoms with Crippen molar-refractivity contribution in [2.45, 2.75) is 31.7 Å². The van der Waals surface area contributed by atoms with Crippen molar-refractivity contribution in [1.29, 1.82) is 0 Å². The molecule has 0 saturated heterocycles. The second-order valence-corrected chi connectivity index (χ2v) is 8.85. The summed E-state index contributed by atoms with van der Waals surface area (Å²) in [7, 11) is -3.97. The zero-order valence-corrected chi connectivity index (χ0v) is 18.2. The molecule has 2 aromatic carbocycles. The molecule has 31 heavy (non-hydrogen) atoms. The Hall–Kier alpha value is -3.24. The van der Waals surface area contributed by atoms with E-state index in [-0.39, 0.29) is 4.90 Å². The number of hydrogen-bond acceptors (Lipinski definition) is 6. The maximum absolute atomic E-state index is 12.6. The van der Waals surface area contributed by atoms with E-state index in [9.17, 15) is 22.8 Å². The Balaban J connectivity index is 1.91. The number of amides is 2. The van der Waals surface area contributed by atoms with Gasteiger partial charge in [0.25, 0.3) is 11.8 Å². The van der Waals surface area contributed by atoms with Gasteiger partial charge in [0, 0.05) is 5.56 Å². The minimum Gasteiger partial charge on any atom is -0.454 e. The maximum atomic E-state index is 12.6. The van der Waals surface area contributed by atoms with Gasteiger partial charge in [-0.15, -0.1) is 0 Å². The minimum atomic E-state index is -3.97. The van der Waals surface area contributed by atoms with Gasteiger partial charge in [-0.3, -0.25) is 25.2 Å². The van der Waals surface area contributed by atoms with Gasteiger partial charge in [0.1, 0.15) is 6.04 Å². The van der Waals surface area contributed by atoms with Crippen molar-refractivity contribution in [1.82, 2.24) is 15.6 Å². The molecule has 1 atom stereocenters. The summed E-state index contributed by atoms with van der Waals surface area (Å²) in [6.07, 6.45) is 0. The first-order valence-electron chi connectivity index (χ1n) is 9.50. The number of aryl methyl sites for hydroxylation is 1. The molecule has 9 nitrogen and oxygen atoms in total. The van der Waals surface area contributed by atoms with Crippen LogP contribution in [0.5, 0.6) is 0 Å². The lowest BCUT2D eigenvalue weighted by atomic mass is 10.1. The Labute approximate surface area is 181 Å². The third-order valence-electron chi connectivity index (χ3n) is 4.23. The number of hydrogen-bond donors (Lipinski definition) is 3. The van der Waals surface area contributed by atoms with Gasteiger partial charge in [0.05, 0.1) is 4.90 Å². The molecule has 2 amide bonds. The standard InChI is InChI=1S/C21H25N3O6S/c1-14(2)19(24-31(28,29)17-11-9-15(3)10-12-17)21(27)30-13-18(25)22-23-20(26)16-7-5-4-6-8-16/h4-12,14,19,24H,13H2,1-3H3,(H,22,25)(H,23,26). The molecule has 0 saturated carbocycles. The highest BCUT2D eigenvalue weighted by molar-refractivity contribution is 7.89. The van der Waals surface area contributed by atoms with Crippen LogP contribution in [0.4, 0.5) is 0 Å². The second-order valence-electron chi connectivity index (χ2n) is 7.13. The molecular formula is C21H25N3O6S. The lowest BCUT2D eigenvalue weighted by molar-refractivity contribution is -0.151. The van der Waals surface area contributed by atoms with Gasteiger partial charge in [0.15, 0.2) is 6.61 Å². The van der Waals surface area contributed by atoms with E-state index in [0.29, 0.717) is 5.56 Å². The average Bonchev–Trinajstić information content (AvgIpc) is 2.74. The number of ether oxygens (including phenoxy) is 1. The zero-order chi connectivity index (χ0) is 23.0. The van der Waals surface area contributed by atoms with Gasteiger partial charge in [0.2, 0.25) is 10.0 Å². The number of carbonyl (C=O) groups excluding carboxylic acids is 3. The normalized spacial score (nSPS) is 12.1. The summed E-state index contributed by atoms with van der Waals surface area (Å²) >= 11 is 0. The fourth-order valence-corrected chi connectivity index (χ4v) is 3.79. The van der Waals surface area contributed by atoms with E-state index in [1.54, 1.807) is 56.3 Å². The predicted molar refractivity (Wildman–Crippen MR) is 113 cm³/mol. The number of carbonyl (C=O) groups is 3. The van der Waals surface area contributed by atoms with E-state index in [2.05, 4.69) is 15.6 Å². The van der Waals surface area contributed by atoms with Crippen molar-refractivity contribution in [2.75, 3.05) is 6.61 Å². The molecule has 0 radical (unpaired) electrons. The van der Waals surface area contributed by atoms with Crippen molar-refractivity contribution in [3.63, 3.8) is 0 Å². The molecule has 0 spiro atoms. The topological polar surface area (TPSA) is 131 Å². The first-order valence-corrected chi connectivity index (χ1v) is 11.0. The van der Waals surface area contributed by atoms with Crippen molar-refractivity contribution in [3.8, 4) is 0 Å². The molecule has 0 aromatic heterocycles. The molecule has 2 rings (SSSR count). The first-order chi connectivity index (χ1) is 14.6. The van der Waals surface area contributed by atoms with Crippen LogP contribution < -0.4 is 15.6 Å². The van der Waals surface area contributed by atoms with E-state index >= 15 is 0 Å². The smallest absolute Gasteiger partial charge is 0.324 e. The van der Waals surface area contributed by atoms with E-state index in [1.165, 1.54) is 12.1 Å². The number of nitrogens with one attached hydrogen (secondary N) is 3. The van der Waals surface area contributed by atoms with E-state index in [1.807, 2.05) is 6.92 Å². The number of esters is 1. The maximum Gasteiger partial charge on any atom is 0.324 e. The highest BCUT2D eigenvalue weighted by atomic mass is 32.2. The van der Waals surface area contributed by atoms with Crippen LogP contribution in [0.1, 0.15) is 29.8 Å². The fourth-order valence-electron chi connectivity index (χ4n) is 2.46. The lowest BCUT2D eigenvalue weighted by Gasteiger charge is -2.20. The molecule has 0 fully saturated rings. The SMILES string of the molecule is Cc1ccc(S(=O)(=O)NC(C(=O)OCC(=O)NNC(=O)c2ccccc2)C(C)C)cc1. The fraction of sp³-hybridized carbons (Fsp3) is 0.286. The van der Waals surface area contributed by atoms with Crippen molar-refractivity contribution in [3.05, 3.63) is 65.7 Å². The van der Waals surface area contributed by atoms with Gasteiger partial charge in [-0.25, -0.2) is 8.42 Å². The van der Waals surface area contributed by atoms with Crippen molar-refractivity contribution < 1.29 is 27.5 Å². The zero-order valence-electron chi connectivity index (χ0n) is 17.4. The highest BCUT2D eigenvalue weighted by Crippen LogP contribution is 2.13. The predicted octanol–water partition coefficient (Wildman–Crippen LogP) is 1.30. The number of rotatable bonds is 8. The van der Waals surface area contributed by atoms with Crippen LogP contribution in [-0.4, -0.2) is 38.9 Å². The van der Waals surface area contributed by atoms with E-state index in [0.717, 1.165) is 5.56 Å². The Morgan fingerprint density at radius 3 is 2.13 bits per heavy atom. The van der Waals surface area contributed by atoms with Crippen LogP contribution in [0, 0.1) is 12.8 Å². The molecule has 166 valence electrons. The van der Waals surface area contributed by atoms with E-state index in [4.69, 9.17) is 4.74 Å². The van der Waals surface area contributed by atoms with Crippen LogP contribution in [-0.2, 0) is 24.3 Å². The molecular weight excluding hydrogens is 422 g/mol. The summed E-state index contributed by atoms with van der Waals surface area (Å²) in [6.45, 7) is 4.42. The third kappa shape index (κ3) is 7.19. The summed E-state index contributed by atoms with van der Waals surface area (Å²) in [5, 5.41) is 0. The van der Waals surface area contributed by atoms with Crippen molar-refractivity contribution >= 4 is 27.8 Å². The van der Waals surface area contributed by atoms with Crippen LogP contribution >= 0.6 is 0 Å². The highest BCUT2D eigenvalue weighted by Gasteiger charge is 2.30. The molecule has 10 heteroatoms. The van der Waals surface area contributed by atoms with Crippen molar-refractivity contribution in [2.24, 2.45) is 5.92 Å². The van der Waals surface area contributed by atoms with Crippen LogP contribution in [0.15, 0.2) is 59.5 Å². The Morgan fingerprint density at radius 2 is 1.55 bits per heavy atom. The Morgan fingerprint density at radius 1 is 0.935 bits per heavy atom.